The van der Waals surface area contributed by atoms with Gasteiger partial charge in [0.15, 0.2) is 0 Å². The lowest BCUT2D eigenvalue weighted by Gasteiger charge is -2.06. The van der Waals surface area contributed by atoms with E-state index < -0.39 is 0 Å². The molecule has 0 nitrogen and oxygen atoms in total. The zero-order chi connectivity index (χ0) is 11.0. The second kappa shape index (κ2) is 4.08. The van der Waals surface area contributed by atoms with E-state index in [1.807, 2.05) is 0 Å². The Morgan fingerprint density at radius 1 is 1.19 bits per heavy atom. The van der Waals surface area contributed by atoms with Gasteiger partial charge in [-0.15, -0.1) is 0 Å². The molecule has 0 spiro atoms. The van der Waals surface area contributed by atoms with Gasteiger partial charge in [-0.3, -0.25) is 0 Å². The predicted octanol–water partition coefficient (Wildman–Crippen LogP) is 4.22. The first-order valence-corrected chi connectivity index (χ1v) is 6.62. The molecule has 0 radical (unpaired) electrons. The van der Waals surface area contributed by atoms with Crippen LogP contribution in [0.5, 0.6) is 0 Å². The van der Waals surface area contributed by atoms with Crippen molar-refractivity contribution in [3.63, 3.8) is 0 Å². The third-order valence-corrected chi connectivity index (χ3v) is 4.22. The van der Waals surface area contributed by atoms with Crippen LogP contribution in [0.2, 0.25) is 0 Å². The number of fused-ring (bicyclic) bond motifs is 1. The molecule has 0 heteroatoms. The average molecular weight is 212 g/mol. The lowest BCUT2D eigenvalue weighted by molar-refractivity contribution is 0.616. The summed E-state index contributed by atoms with van der Waals surface area (Å²) in [5, 5.41) is 0. The van der Waals surface area contributed by atoms with Crippen LogP contribution in [-0.4, -0.2) is 0 Å². The molecule has 84 valence electrons. The first-order valence-electron chi connectivity index (χ1n) is 6.62. The molecule has 3 rings (SSSR count). The molecule has 3 atom stereocenters. The zero-order valence-corrected chi connectivity index (χ0v) is 10.0. The minimum Gasteiger partial charge on any atom is -0.0813 e. The molecule has 0 aromatic heterocycles. The highest BCUT2D eigenvalue weighted by atomic mass is 14.5. The van der Waals surface area contributed by atoms with Crippen LogP contribution in [-0.2, 0) is 6.42 Å². The molecule has 0 N–H and O–H groups in total. The summed E-state index contributed by atoms with van der Waals surface area (Å²) in [6.45, 7) is 2.31. The summed E-state index contributed by atoms with van der Waals surface area (Å²) in [6, 6.07) is 10.9. The van der Waals surface area contributed by atoms with Gasteiger partial charge in [0, 0.05) is 0 Å². The smallest absolute Gasteiger partial charge is 0.00669 e. The van der Waals surface area contributed by atoms with Crippen LogP contribution < -0.4 is 0 Å². The Kier molecular flexibility index (Phi) is 2.59. The van der Waals surface area contributed by atoms with Crippen molar-refractivity contribution in [1.82, 2.24) is 0 Å². The Bertz CT molecular complexity index is 388. The fraction of sp³-hybridized carbons (Fsp3) is 0.500. The Balaban J connectivity index is 1.60. The van der Waals surface area contributed by atoms with Crippen LogP contribution in [0, 0.1) is 17.8 Å². The van der Waals surface area contributed by atoms with Gasteiger partial charge in [0.2, 0.25) is 0 Å². The van der Waals surface area contributed by atoms with E-state index in [9.17, 15) is 0 Å². The van der Waals surface area contributed by atoms with Crippen molar-refractivity contribution in [2.45, 2.75) is 32.6 Å². The maximum Gasteiger partial charge on any atom is -0.00669 e. The average Bonchev–Trinajstić information content (AvgIpc) is 2.76. The lowest BCUT2D eigenvalue weighted by Crippen LogP contribution is -1.93. The van der Waals surface area contributed by atoms with E-state index in [-0.39, 0.29) is 0 Å². The molecule has 0 bridgehead atoms. The van der Waals surface area contributed by atoms with Gasteiger partial charge < -0.3 is 0 Å². The maximum absolute atomic E-state index is 2.58. The fourth-order valence-electron chi connectivity index (χ4n) is 3.38. The van der Waals surface area contributed by atoms with Gasteiger partial charge in [0.1, 0.15) is 0 Å². The first kappa shape index (κ1) is 10.1. The van der Waals surface area contributed by atoms with Crippen molar-refractivity contribution in [2.75, 3.05) is 0 Å². The largest absolute Gasteiger partial charge is 0.0813 e. The number of allylic oxidation sites excluding steroid dienone is 2. The molecule has 0 amide bonds. The SMILES string of the molecule is CCC[C@H]1[C@@H]2C=C(Cc3ccccc3)C[C@@H]21. The standard InChI is InChI=1S/C16H20/c1-2-6-14-15-10-13(11-16(14)15)9-12-7-4-3-5-8-12/h3-5,7-8,10,14-16H,2,6,9,11H2,1H3/t14-,15-,16+/m0/s1. The Labute approximate surface area is 98.4 Å². The number of benzene rings is 1. The zero-order valence-electron chi connectivity index (χ0n) is 10.0. The quantitative estimate of drug-likeness (QED) is 0.655. The van der Waals surface area contributed by atoms with E-state index in [1.165, 1.54) is 31.2 Å². The van der Waals surface area contributed by atoms with E-state index in [2.05, 4.69) is 43.3 Å². The highest BCUT2D eigenvalue weighted by Gasteiger charge is 2.50. The Morgan fingerprint density at radius 2 is 2.00 bits per heavy atom. The van der Waals surface area contributed by atoms with Crippen molar-refractivity contribution in [3.8, 4) is 0 Å². The second-order valence-electron chi connectivity index (χ2n) is 5.39. The minimum atomic E-state index is 0.957. The first-order chi connectivity index (χ1) is 7.88. The van der Waals surface area contributed by atoms with Crippen LogP contribution in [0.1, 0.15) is 31.7 Å². The Morgan fingerprint density at radius 3 is 2.62 bits per heavy atom. The van der Waals surface area contributed by atoms with E-state index >= 15 is 0 Å². The number of hydrogen-bond acceptors (Lipinski definition) is 0. The molecule has 1 saturated carbocycles. The maximum atomic E-state index is 2.58. The van der Waals surface area contributed by atoms with Crippen LogP contribution in [0.3, 0.4) is 0 Å². The van der Waals surface area contributed by atoms with Crippen molar-refractivity contribution >= 4 is 0 Å². The molecule has 1 aromatic carbocycles. The summed E-state index contributed by atoms with van der Waals surface area (Å²) >= 11 is 0. The fourth-order valence-corrected chi connectivity index (χ4v) is 3.38. The molecule has 0 saturated heterocycles. The molecule has 16 heavy (non-hydrogen) atoms. The van der Waals surface area contributed by atoms with Crippen molar-refractivity contribution in [3.05, 3.63) is 47.5 Å². The third kappa shape index (κ3) is 1.81. The van der Waals surface area contributed by atoms with Gasteiger partial charge in [0.25, 0.3) is 0 Å². The van der Waals surface area contributed by atoms with Crippen LogP contribution in [0.15, 0.2) is 42.0 Å². The van der Waals surface area contributed by atoms with E-state index in [0.717, 1.165) is 17.8 Å². The molecule has 0 heterocycles. The predicted molar refractivity (Wildman–Crippen MR) is 68.2 cm³/mol. The van der Waals surface area contributed by atoms with Gasteiger partial charge in [0.05, 0.1) is 0 Å². The third-order valence-electron chi connectivity index (χ3n) is 4.22. The normalized spacial score (nSPS) is 31.1. The van der Waals surface area contributed by atoms with Crippen molar-refractivity contribution < 1.29 is 0 Å². The summed E-state index contributed by atoms with van der Waals surface area (Å²) in [6.07, 6.45) is 7.96. The number of hydrogen-bond donors (Lipinski definition) is 0. The van der Waals surface area contributed by atoms with Crippen LogP contribution >= 0.6 is 0 Å². The van der Waals surface area contributed by atoms with Gasteiger partial charge in [-0.05, 0) is 42.6 Å². The molecule has 1 fully saturated rings. The molecular weight excluding hydrogens is 192 g/mol. The highest BCUT2D eigenvalue weighted by Crippen LogP contribution is 2.58. The lowest BCUT2D eigenvalue weighted by atomic mass is 10.00. The van der Waals surface area contributed by atoms with Crippen molar-refractivity contribution in [1.29, 1.82) is 0 Å². The summed E-state index contributed by atoms with van der Waals surface area (Å²) in [5.41, 5.74) is 3.16. The summed E-state index contributed by atoms with van der Waals surface area (Å²) in [7, 11) is 0. The van der Waals surface area contributed by atoms with Crippen LogP contribution in [0.25, 0.3) is 0 Å². The molecule has 1 aromatic rings. The molecule has 0 unspecified atom stereocenters. The minimum absolute atomic E-state index is 0.957. The molecule has 2 aliphatic carbocycles. The van der Waals surface area contributed by atoms with Gasteiger partial charge >= 0.3 is 0 Å². The Hall–Kier alpha value is -1.04. The van der Waals surface area contributed by atoms with E-state index in [1.54, 1.807) is 5.57 Å². The number of rotatable bonds is 4. The van der Waals surface area contributed by atoms with E-state index in [4.69, 9.17) is 0 Å². The van der Waals surface area contributed by atoms with Crippen molar-refractivity contribution in [2.24, 2.45) is 17.8 Å². The second-order valence-corrected chi connectivity index (χ2v) is 5.39. The van der Waals surface area contributed by atoms with Gasteiger partial charge in [-0.2, -0.15) is 0 Å². The van der Waals surface area contributed by atoms with Crippen LogP contribution in [0.4, 0.5) is 0 Å². The molecular formula is C16H20. The summed E-state index contributed by atoms with van der Waals surface area (Å²) < 4.78 is 0. The van der Waals surface area contributed by atoms with E-state index in [0.29, 0.717) is 0 Å². The topological polar surface area (TPSA) is 0 Å². The summed E-state index contributed by atoms with van der Waals surface area (Å²) in [4.78, 5) is 0. The summed E-state index contributed by atoms with van der Waals surface area (Å²) in [5.74, 6) is 3.03. The molecule has 0 aliphatic heterocycles. The van der Waals surface area contributed by atoms with Gasteiger partial charge in [-0.25, -0.2) is 0 Å². The monoisotopic (exact) mass is 212 g/mol. The van der Waals surface area contributed by atoms with Gasteiger partial charge in [-0.1, -0.05) is 55.3 Å². The molecule has 2 aliphatic rings. The highest BCUT2D eigenvalue weighted by molar-refractivity contribution is 5.30.